The number of hydrogen-bond donors (Lipinski definition) is 15. The number of anilines is 1. The van der Waals surface area contributed by atoms with Gasteiger partial charge in [-0.3, -0.25) is 62.6 Å². The van der Waals surface area contributed by atoms with E-state index in [0.717, 1.165) is 47.4 Å². The molecule has 3 aromatic carbocycles. The van der Waals surface area contributed by atoms with Crippen LogP contribution in [0.4, 0.5) is 21.9 Å². The second-order valence-corrected chi connectivity index (χ2v) is 36.1. The van der Waals surface area contributed by atoms with E-state index in [4.69, 9.17) is 30.4 Å². The zero-order chi connectivity index (χ0) is 92.5. The number of likely N-dealkylation sites (N-methyl/N-ethyl adjacent to an activating group) is 1. The van der Waals surface area contributed by atoms with Crippen LogP contribution in [0.3, 0.4) is 0 Å². The normalized spacial score (nSPS) is 17.4. The number of hydrogen-bond acceptors (Lipinski definition) is 26. The van der Waals surface area contributed by atoms with Crippen LogP contribution in [0.5, 0.6) is 11.5 Å². The van der Waals surface area contributed by atoms with Gasteiger partial charge in [0.25, 0.3) is 15.8 Å². The summed E-state index contributed by atoms with van der Waals surface area (Å²) in [5.74, 6) is -4.77. The van der Waals surface area contributed by atoms with E-state index in [1.54, 1.807) is 12.1 Å². The van der Waals surface area contributed by atoms with Crippen LogP contribution < -0.4 is 84.3 Å². The maximum absolute atomic E-state index is 13.7. The third kappa shape index (κ3) is 31.3. The maximum Gasteiger partial charge on any atom is 0.315 e. The second-order valence-electron chi connectivity index (χ2n) is 31.7. The molecule has 2 saturated heterocycles. The molecule has 4 heterocycles. The maximum atomic E-state index is 13.7. The minimum absolute atomic E-state index is 0.00597. The van der Waals surface area contributed by atoms with Gasteiger partial charge in [0.2, 0.25) is 64.8 Å². The summed E-state index contributed by atoms with van der Waals surface area (Å²) in [6, 6.07) is 7.08. The van der Waals surface area contributed by atoms with Crippen LogP contribution in [0.15, 0.2) is 94.4 Å². The number of fused-ring (bicyclic) bond motifs is 3. The molecule has 7 atom stereocenters. The van der Waals surface area contributed by atoms with Crippen LogP contribution >= 0.6 is 24.4 Å². The number of urea groups is 1. The van der Waals surface area contributed by atoms with Crippen molar-refractivity contribution in [1.29, 1.82) is 0 Å². The van der Waals surface area contributed by atoms with Gasteiger partial charge in [-0.15, -0.1) is 0 Å². The molecule has 39 nitrogen and oxygen atoms in total. The molecule has 4 aliphatic rings. The summed E-state index contributed by atoms with van der Waals surface area (Å²) in [4.78, 5) is 153. The second kappa shape index (κ2) is 49.7. The Balaban J connectivity index is 0.799. The van der Waals surface area contributed by atoms with Crippen molar-refractivity contribution in [3.8, 4) is 11.5 Å². The summed E-state index contributed by atoms with van der Waals surface area (Å²) in [5, 5.41) is 42.2. The topological polar surface area (TPSA) is 570 Å². The average molecular weight is 1840 g/mol. The van der Waals surface area contributed by atoms with Crippen LogP contribution in [-0.2, 0) is 88.5 Å². The number of thioether (sulfide) groups is 1. The fourth-order valence-electron chi connectivity index (χ4n) is 15.0. The number of nitrogens with one attached hydrogen (secondary N) is 11. The lowest BCUT2D eigenvalue weighted by Gasteiger charge is -2.25. The Kier molecular flexibility index (Phi) is 40.6. The van der Waals surface area contributed by atoms with Gasteiger partial charge in [-0.25, -0.2) is 13.2 Å². The summed E-state index contributed by atoms with van der Waals surface area (Å²) in [7, 11) is -7.92. The smallest absolute Gasteiger partial charge is 0.315 e. The number of amides is 12. The zero-order valence-electron chi connectivity index (χ0n) is 72.1. The van der Waals surface area contributed by atoms with E-state index >= 15 is 0 Å². The lowest BCUT2D eigenvalue weighted by Crippen LogP contribution is -2.52. The highest BCUT2D eigenvalue weighted by Gasteiger charge is 2.46. The number of rotatable bonds is 56. The number of ether oxygens (including phenoxy) is 4. The van der Waals surface area contributed by atoms with Gasteiger partial charge in [0.05, 0.1) is 109 Å². The van der Waals surface area contributed by atoms with E-state index in [2.05, 4.69) is 80.6 Å². The van der Waals surface area contributed by atoms with Crippen molar-refractivity contribution in [3.05, 3.63) is 111 Å². The number of nitrogens with two attached hydrogens (primary N) is 2. The van der Waals surface area contributed by atoms with E-state index in [1.807, 2.05) is 76.8 Å². The molecule has 43 heteroatoms. The number of unbranched alkanes of at least 4 members (excludes halogenated alkanes) is 5. The minimum atomic E-state index is -4.68. The van der Waals surface area contributed by atoms with Gasteiger partial charge >= 0.3 is 6.03 Å². The van der Waals surface area contributed by atoms with Crippen LogP contribution in [0.2, 0.25) is 0 Å². The number of carbonyl (C=O) groups is 11. The lowest BCUT2D eigenvalue weighted by atomic mass is 9.81. The quantitative estimate of drug-likeness (QED) is 0.00564. The molecule has 12 amide bonds. The van der Waals surface area contributed by atoms with E-state index in [0.29, 0.717) is 87.4 Å². The first kappa shape index (κ1) is 103. The van der Waals surface area contributed by atoms with E-state index in [-0.39, 0.29) is 146 Å². The Labute approximate surface area is 743 Å². The van der Waals surface area contributed by atoms with Crippen molar-refractivity contribution in [2.45, 2.75) is 206 Å². The molecule has 3 aromatic rings. The van der Waals surface area contributed by atoms with E-state index < -0.39 is 133 Å². The van der Waals surface area contributed by atoms with Crippen molar-refractivity contribution in [2.24, 2.45) is 11.5 Å². The molecule has 0 aromatic heterocycles. The monoisotopic (exact) mass is 1840 g/mol. The molecule has 16 N–H and O–H groups in total. The van der Waals surface area contributed by atoms with Crippen molar-refractivity contribution in [3.63, 3.8) is 0 Å². The van der Waals surface area contributed by atoms with Crippen molar-refractivity contribution >= 4 is 133 Å². The number of primary amides is 1. The predicted octanol–water partition coefficient (Wildman–Crippen LogP) is 3.05. The van der Waals surface area contributed by atoms with Gasteiger partial charge in [0.1, 0.15) is 35.4 Å². The Morgan fingerprint density at radius 1 is 0.683 bits per heavy atom. The number of thiol groups is 1. The molecule has 0 spiro atoms. The van der Waals surface area contributed by atoms with Crippen LogP contribution in [0, 0.1) is 10.1 Å². The minimum Gasteiger partial charge on any atom is -0.744 e. The van der Waals surface area contributed by atoms with Crippen molar-refractivity contribution in [2.75, 3.05) is 109 Å². The summed E-state index contributed by atoms with van der Waals surface area (Å²) < 4.78 is 94.8. The molecule has 7 rings (SSSR count). The first-order valence-electron chi connectivity index (χ1n) is 42.0. The molecule has 0 saturated carbocycles. The number of methoxy groups -OCH3 is 1. The summed E-state index contributed by atoms with van der Waals surface area (Å²) in [6.45, 7) is 11.0. The molecule has 0 radical (unpaired) electrons. The molecule has 3 unspecified atom stereocenters. The summed E-state index contributed by atoms with van der Waals surface area (Å²) in [6.07, 6.45) is 16.2. The Morgan fingerprint density at radius 3 is 1.91 bits per heavy atom. The van der Waals surface area contributed by atoms with Crippen molar-refractivity contribution < 1.29 is 107 Å². The Hall–Kier alpha value is -10.3. The lowest BCUT2D eigenvalue weighted by molar-refractivity contribution is -0.438. The van der Waals surface area contributed by atoms with Crippen LogP contribution in [-0.4, -0.2) is 246 Å². The molecule has 126 heavy (non-hydrogen) atoms. The van der Waals surface area contributed by atoms with Crippen molar-refractivity contribution in [1.82, 2.24) is 58.5 Å². The summed E-state index contributed by atoms with van der Waals surface area (Å²) in [5.41, 5.74) is 13.8. The number of nitro groups is 1. The third-order valence-corrected chi connectivity index (χ3v) is 25.2. The van der Waals surface area contributed by atoms with Gasteiger partial charge in [-0.05, 0) is 146 Å². The highest BCUT2D eigenvalue weighted by atomic mass is 32.2. The molecule has 0 aliphatic carbocycles. The van der Waals surface area contributed by atoms with E-state index in [1.165, 1.54) is 44.4 Å². The number of benzene rings is 3. The van der Waals surface area contributed by atoms with Gasteiger partial charge in [-0.1, -0.05) is 38.5 Å². The first-order chi connectivity index (χ1) is 59.8. The zero-order valence-corrected chi connectivity index (χ0v) is 75.4. The van der Waals surface area contributed by atoms with Gasteiger partial charge < -0.3 is 98.4 Å². The fraction of sp³-hybridized carbons (Fsp3) is 0.566. The SMILES string of the molecule is CCN1/C(=C/C=C/C=C/C2=[N+](CCCCCC(=O)NCCCC[C@H](NC(=O)CNC(=O)[C@@H](N)CS)C(=O)NCC(=O)NC(C)c3cc(OC)c(OCCCC(=O)NCCOCCOCC(=O)N[C@@H](CCCCNC(=O)CCCC[C@H]4SCC5NC(=O)NC54)C(=O)NCC(N)=O)cc3[N+](=O)[O-])c3ccc(S(=O)(=O)O)cc3C2(C)C)C(C)(C)c2cc(S(=O)(=O)[O-])ccc21. The standard InChI is InChI=1S/C83H120N16O23S4/c1-8-97-62-32-30-53(125(113,114)115)42-56(62)82(3,4)68(97)25-11-9-12-26-69-83(5,6)57-43-54(126(116,117)118)31-33-63(57)98(69)37-20-10-13-27-71(101)86-34-18-16-22-59(93-75(105)48-90-78(107)58(84)50-123)80(109)91-47-74(104)92-52(2)55-44-65(119-7)66(45-64(55)99(111)112)122-38-21-29-73(103)88-36-39-120-40-41-121-49-76(106)94-60(79(108)89-46-70(85)100)23-17-19-35-87-72(102)28-15-14-24-67-77-61(51-124-67)95-81(110)96-77/h9,11-12,25-26,30-33,42-45,52,58-61,67,77H,8,10,13-24,27-29,34-41,46-51,84H2,1-7H3,(H15-,85,86,87,88,89,90,91,92,93,94,95,96,100,101,102,103,104,105,106,107,108,109,110,113,114,115,116,117,118,123)/t52?,58-,59-,60-,61?,67+,77?/m0/s1. The van der Waals surface area contributed by atoms with Crippen LogP contribution in [0.25, 0.3) is 0 Å². The third-order valence-electron chi connectivity index (χ3n) is 21.7. The summed E-state index contributed by atoms with van der Waals surface area (Å²) >= 11 is 5.83. The Bertz CT molecular complexity index is 4760. The highest BCUT2D eigenvalue weighted by molar-refractivity contribution is 8.00. The molecule has 0 bridgehead atoms. The van der Waals surface area contributed by atoms with Gasteiger partial charge in [0.15, 0.2) is 17.2 Å². The van der Waals surface area contributed by atoms with Crippen LogP contribution in [0.1, 0.15) is 167 Å². The number of allylic oxidation sites excluding steroid dienone is 6. The predicted molar refractivity (Wildman–Crippen MR) is 472 cm³/mol. The number of carbonyl (C=O) groups excluding carboxylic acids is 11. The molecule has 4 aliphatic heterocycles. The molecular weight excluding hydrogens is 1720 g/mol. The van der Waals surface area contributed by atoms with Gasteiger partial charge in [0, 0.05) is 103 Å². The number of nitro benzene ring substituents is 1. The first-order valence-corrected chi connectivity index (χ1v) is 46.5. The highest BCUT2D eigenvalue weighted by Crippen LogP contribution is 2.49. The fourth-order valence-corrected chi connectivity index (χ4v) is 17.7. The number of nitrogens with zero attached hydrogens (tertiary/aromatic N) is 3. The largest absolute Gasteiger partial charge is 0.744 e. The molecule has 694 valence electrons. The van der Waals surface area contributed by atoms with Gasteiger partial charge in [-0.2, -0.15) is 37.4 Å². The molecule has 2 fully saturated rings. The molecular formula is C83H120N16O23S4. The Morgan fingerprint density at radius 2 is 1.29 bits per heavy atom. The average Bonchev–Trinajstić information content (AvgIpc) is 1.59. The van der Waals surface area contributed by atoms with E-state index in [9.17, 15) is 88.8 Å².